The first-order chi connectivity index (χ1) is 10.1. The fourth-order valence-corrected chi connectivity index (χ4v) is 3.10. The Morgan fingerprint density at radius 3 is 2.67 bits per heavy atom. The molecule has 0 saturated carbocycles. The topological polar surface area (TPSA) is 42.1 Å². The number of pyridine rings is 1. The molecular weight excluding hydrogens is 278 g/mol. The fraction of sp³-hybridized carbons (Fsp3) is 0.471. The van der Waals surface area contributed by atoms with E-state index in [1.807, 2.05) is 17.5 Å². The van der Waals surface area contributed by atoms with Gasteiger partial charge in [-0.2, -0.15) is 0 Å². The van der Waals surface area contributed by atoms with Crippen molar-refractivity contribution in [2.24, 2.45) is 5.73 Å². The summed E-state index contributed by atoms with van der Waals surface area (Å²) >= 11 is 1.81. The van der Waals surface area contributed by atoms with Gasteiger partial charge in [0.05, 0.1) is 0 Å². The molecule has 0 aliphatic rings. The maximum Gasteiger partial charge on any atom is 0.128 e. The second-order valence-corrected chi connectivity index (χ2v) is 6.67. The molecule has 4 heteroatoms. The lowest BCUT2D eigenvalue weighted by atomic mass is 10.1. The molecular formula is C17H25N3S. The molecule has 2 rings (SSSR count). The molecule has 2 unspecified atom stereocenters. The number of nitrogens with two attached hydrogens (primary N) is 1. The molecule has 0 aliphatic heterocycles. The molecule has 0 radical (unpaired) electrons. The van der Waals surface area contributed by atoms with Crippen molar-refractivity contribution < 1.29 is 0 Å². The van der Waals surface area contributed by atoms with Gasteiger partial charge in [0.15, 0.2) is 0 Å². The van der Waals surface area contributed by atoms with E-state index in [0.717, 1.165) is 25.1 Å². The van der Waals surface area contributed by atoms with Gasteiger partial charge < -0.3 is 10.6 Å². The van der Waals surface area contributed by atoms with Gasteiger partial charge in [-0.1, -0.05) is 19.1 Å². The molecule has 2 N–H and O–H groups in total. The minimum atomic E-state index is 0.230. The van der Waals surface area contributed by atoms with Gasteiger partial charge in [0.1, 0.15) is 5.82 Å². The Balaban J connectivity index is 1.97. The summed E-state index contributed by atoms with van der Waals surface area (Å²) in [6, 6.07) is 9.21. The maximum absolute atomic E-state index is 5.99. The molecule has 2 aromatic heterocycles. The molecule has 114 valence electrons. The summed E-state index contributed by atoms with van der Waals surface area (Å²) in [6.45, 7) is 4.36. The van der Waals surface area contributed by atoms with Crippen molar-refractivity contribution in [2.75, 3.05) is 11.9 Å². The third-order valence-corrected chi connectivity index (χ3v) is 4.83. The van der Waals surface area contributed by atoms with Crippen LogP contribution in [0.4, 0.5) is 5.82 Å². The van der Waals surface area contributed by atoms with Crippen molar-refractivity contribution in [2.45, 2.75) is 45.2 Å². The van der Waals surface area contributed by atoms with E-state index >= 15 is 0 Å². The number of thiophene rings is 1. The van der Waals surface area contributed by atoms with Crippen molar-refractivity contribution in [1.29, 1.82) is 0 Å². The number of anilines is 1. The molecule has 0 aromatic carbocycles. The predicted octanol–water partition coefficient (Wildman–Crippen LogP) is 3.49. The molecule has 0 bridgehead atoms. The number of hydrogen-bond acceptors (Lipinski definition) is 4. The average molecular weight is 303 g/mol. The number of rotatable bonds is 7. The van der Waals surface area contributed by atoms with Gasteiger partial charge in [-0.15, -0.1) is 11.3 Å². The van der Waals surface area contributed by atoms with E-state index in [0.29, 0.717) is 6.04 Å². The van der Waals surface area contributed by atoms with Gasteiger partial charge in [0, 0.05) is 36.6 Å². The molecule has 3 nitrogen and oxygen atoms in total. The van der Waals surface area contributed by atoms with Crippen LogP contribution in [0.25, 0.3) is 0 Å². The molecule has 0 amide bonds. The van der Waals surface area contributed by atoms with Crippen LogP contribution in [0.2, 0.25) is 0 Å². The first-order valence-corrected chi connectivity index (χ1v) is 8.43. The van der Waals surface area contributed by atoms with Gasteiger partial charge in [-0.3, -0.25) is 0 Å². The lowest BCUT2D eigenvalue weighted by Gasteiger charge is -2.25. The zero-order chi connectivity index (χ0) is 15.2. The van der Waals surface area contributed by atoms with Gasteiger partial charge in [0.25, 0.3) is 0 Å². The highest BCUT2D eigenvalue weighted by molar-refractivity contribution is 7.09. The Morgan fingerprint density at radius 2 is 2.10 bits per heavy atom. The summed E-state index contributed by atoms with van der Waals surface area (Å²) < 4.78 is 0. The van der Waals surface area contributed by atoms with Crippen LogP contribution in [0.15, 0.2) is 35.8 Å². The van der Waals surface area contributed by atoms with E-state index in [2.05, 4.69) is 60.4 Å². The van der Waals surface area contributed by atoms with Crippen LogP contribution in [0, 0.1) is 0 Å². The lowest BCUT2D eigenvalue weighted by molar-refractivity contribution is 0.643. The van der Waals surface area contributed by atoms with Crippen molar-refractivity contribution in [3.05, 3.63) is 46.3 Å². The Morgan fingerprint density at radius 1 is 1.29 bits per heavy atom. The van der Waals surface area contributed by atoms with E-state index in [1.54, 1.807) is 0 Å². The van der Waals surface area contributed by atoms with Gasteiger partial charge in [-0.25, -0.2) is 4.98 Å². The molecule has 0 aliphatic carbocycles. The number of aromatic nitrogens is 1. The average Bonchev–Trinajstić information content (AvgIpc) is 3.00. The third kappa shape index (κ3) is 4.55. The summed E-state index contributed by atoms with van der Waals surface area (Å²) in [5.74, 6) is 1.02. The van der Waals surface area contributed by atoms with E-state index < -0.39 is 0 Å². The molecule has 21 heavy (non-hydrogen) atoms. The van der Waals surface area contributed by atoms with Crippen molar-refractivity contribution >= 4 is 17.2 Å². The highest BCUT2D eigenvalue weighted by Gasteiger charge is 2.12. The molecule has 0 saturated heterocycles. The van der Waals surface area contributed by atoms with Crippen molar-refractivity contribution in [1.82, 2.24) is 4.98 Å². The molecule has 0 fully saturated rings. The lowest BCUT2D eigenvalue weighted by Crippen LogP contribution is -2.31. The van der Waals surface area contributed by atoms with Crippen LogP contribution in [0.3, 0.4) is 0 Å². The second kappa shape index (κ2) is 7.57. The number of likely N-dealkylation sites (N-methyl/N-ethyl adjacent to an activating group) is 1. The molecule has 0 spiro atoms. The molecule has 2 aromatic rings. The van der Waals surface area contributed by atoms with Crippen LogP contribution in [0.1, 0.15) is 30.7 Å². The highest BCUT2D eigenvalue weighted by atomic mass is 32.1. The van der Waals surface area contributed by atoms with Crippen LogP contribution < -0.4 is 10.6 Å². The van der Waals surface area contributed by atoms with Gasteiger partial charge >= 0.3 is 0 Å². The van der Waals surface area contributed by atoms with Crippen molar-refractivity contribution in [3.63, 3.8) is 0 Å². The monoisotopic (exact) mass is 303 g/mol. The normalized spacial score (nSPS) is 13.9. The van der Waals surface area contributed by atoms with E-state index in [9.17, 15) is 0 Å². The summed E-state index contributed by atoms with van der Waals surface area (Å²) in [6.07, 6.45) is 4.91. The van der Waals surface area contributed by atoms with Crippen molar-refractivity contribution in [3.8, 4) is 0 Å². The van der Waals surface area contributed by atoms with Gasteiger partial charge in [-0.05, 0) is 42.8 Å². The zero-order valence-electron chi connectivity index (χ0n) is 13.1. The van der Waals surface area contributed by atoms with E-state index in [1.165, 1.54) is 10.4 Å². The van der Waals surface area contributed by atoms with Crippen LogP contribution in [-0.2, 0) is 12.8 Å². The Labute approximate surface area is 131 Å². The van der Waals surface area contributed by atoms with E-state index in [-0.39, 0.29) is 6.04 Å². The summed E-state index contributed by atoms with van der Waals surface area (Å²) in [5.41, 5.74) is 7.20. The standard InChI is InChI=1S/C17H25N3S/c1-4-15(18)11-14-7-8-17(19-12-14)20(3)13(2)10-16-6-5-9-21-16/h5-9,12-13,15H,4,10-11,18H2,1-3H3. The largest absolute Gasteiger partial charge is 0.357 e. The maximum atomic E-state index is 5.99. The summed E-state index contributed by atoms with van der Waals surface area (Å²) in [7, 11) is 2.11. The summed E-state index contributed by atoms with van der Waals surface area (Å²) in [4.78, 5) is 8.25. The molecule has 2 heterocycles. The first kappa shape index (κ1) is 16.0. The summed E-state index contributed by atoms with van der Waals surface area (Å²) in [5, 5.41) is 2.13. The quantitative estimate of drug-likeness (QED) is 0.851. The highest BCUT2D eigenvalue weighted by Crippen LogP contribution is 2.18. The number of nitrogens with zero attached hydrogens (tertiary/aromatic N) is 2. The SMILES string of the molecule is CCC(N)Cc1ccc(N(C)C(C)Cc2cccs2)nc1. The Hall–Kier alpha value is -1.39. The van der Waals surface area contributed by atoms with E-state index in [4.69, 9.17) is 5.73 Å². The third-order valence-electron chi connectivity index (χ3n) is 3.93. The predicted molar refractivity (Wildman–Crippen MR) is 92.1 cm³/mol. The minimum absolute atomic E-state index is 0.230. The van der Waals surface area contributed by atoms with Crippen LogP contribution in [0.5, 0.6) is 0 Å². The van der Waals surface area contributed by atoms with Crippen LogP contribution >= 0.6 is 11.3 Å². The van der Waals surface area contributed by atoms with Crippen LogP contribution in [-0.4, -0.2) is 24.1 Å². The second-order valence-electron chi connectivity index (χ2n) is 5.64. The Bertz CT molecular complexity index is 521. The Kier molecular flexibility index (Phi) is 5.76. The molecule has 2 atom stereocenters. The smallest absolute Gasteiger partial charge is 0.128 e. The fourth-order valence-electron chi connectivity index (χ4n) is 2.28. The zero-order valence-corrected chi connectivity index (χ0v) is 13.9. The first-order valence-electron chi connectivity index (χ1n) is 7.55. The van der Waals surface area contributed by atoms with Gasteiger partial charge in [0.2, 0.25) is 0 Å². The number of hydrogen-bond donors (Lipinski definition) is 1. The minimum Gasteiger partial charge on any atom is -0.357 e.